The van der Waals surface area contributed by atoms with Crippen molar-refractivity contribution in [3.8, 4) is 0 Å². The van der Waals surface area contributed by atoms with E-state index in [1.807, 2.05) is 36.1 Å². The molecule has 8 nitrogen and oxygen atoms in total. The number of benzene rings is 2. The maximum atomic E-state index is 13.3. The number of aryl methyl sites for hydroxylation is 1. The van der Waals surface area contributed by atoms with Gasteiger partial charge in [0.15, 0.2) is 0 Å². The zero-order valence-corrected chi connectivity index (χ0v) is 23.3. The molecule has 202 valence electrons. The minimum absolute atomic E-state index is 0.00287. The second-order valence-electron chi connectivity index (χ2n) is 9.45. The fourth-order valence-electron chi connectivity index (χ4n) is 4.80. The van der Waals surface area contributed by atoms with Gasteiger partial charge in [-0.1, -0.05) is 53.0 Å². The predicted octanol–water partition coefficient (Wildman–Crippen LogP) is 4.66. The minimum Gasteiger partial charge on any atom is -0.463 e. The highest BCUT2D eigenvalue weighted by molar-refractivity contribution is 6.42. The van der Waals surface area contributed by atoms with Crippen LogP contribution in [0.25, 0.3) is 0 Å². The van der Waals surface area contributed by atoms with Crippen LogP contribution in [0.2, 0.25) is 10.0 Å². The molecule has 0 radical (unpaired) electrons. The van der Waals surface area contributed by atoms with E-state index < -0.39 is 12.0 Å². The number of nitrogens with zero attached hydrogens (tertiary/aromatic N) is 3. The SMILES string of the molecule is CCOC(=O)C1=C(CN2CCCN(C(=O)c3ccc(C)cc3)CC2)N(C)C(=O)N[C@@H]1c1cccc(Cl)c1Cl. The molecule has 0 unspecified atom stereocenters. The Labute approximate surface area is 233 Å². The summed E-state index contributed by atoms with van der Waals surface area (Å²) in [6.07, 6.45) is 0.763. The number of urea groups is 1. The second kappa shape index (κ2) is 12.2. The fraction of sp³-hybridized carbons (Fsp3) is 0.393. The first-order valence-corrected chi connectivity index (χ1v) is 13.4. The number of ether oxygens (including phenoxy) is 1. The van der Waals surface area contributed by atoms with Gasteiger partial charge in [0.1, 0.15) is 0 Å². The largest absolute Gasteiger partial charge is 0.463 e. The van der Waals surface area contributed by atoms with E-state index >= 15 is 0 Å². The molecule has 10 heteroatoms. The third-order valence-corrected chi connectivity index (χ3v) is 7.75. The quantitative estimate of drug-likeness (QED) is 0.521. The van der Waals surface area contributed by atoms with Gasteiger partial charge in [-0.15, -0.1) is 0 Å². The van der Waals surface area contributed by atoms with Crippen LogP contribution in [0.5, 0.6) is 0 Å². The molecular formula is C28H32Cl2N4O4. The van der Waals surface area contributed by atoms with Crippen molar-refractivity contribution in [2.75, 3.05) is 46.4 Å². The summed E-state index contributed by atoms with van der Waals surface area (Å²) in [4.78, 5) is 44.8. The average molecular weight is 559 g/mol. The summed E-state index contributed by atoms with van der Waals surface area (Å²) in [5.41, 5.74) is 3.14. The highest BCUT2D eigenvalue weighted by atomic mass is 35.5. The third kappa shape index (κ3) is 5.98. The molecule has 2 heterocycles. The van der Waals surface area contributed by atoms with Crippen molar-refractivity contribution < 1.29 is 19.1 Å². The van der Waals surface area contributed by atoms with E-state index in [0.717, 1.165) is 12.0 Å². The molecule has 1 N–H and O–H groups in total. The first-order chi connectivity index (χ1) is 18.2. The van der Waals surface area contributed by atoms with Crippen molar-refractivity contribution in [2.45, 2.75) is 26.3 Å². The highest BCUT2D eigenvalue weighted by Gasteiger charge is 2.38. The van der Waals surface area contributed by atoms with Gasteiger partial charge in [-0.25, -0.2) is 9.59 Å². The molecule has 0 bridgehead atoms. The van der Waals surface area contributed by atoms with Crippen molar-refractivity contribution in [1.82, 2.24) is 20.0 Å². The molecule has 4 rings (SSSR count). The molecule has 2 aromatic rings. The van der Waals surface area contributed by atoms with Gasteiger partial charge in [0.05, 0.1) is 28.3 Å². The summed E-state index contributed by atoms with van der Waals surface area (Å²) < 4.78 is 5.41. The van der Waals surface area contributed by atoms with Crippen LogP contribution >= 0.6 is 23.2 Å². The number of carbonyl (C=O) groups is 3. The van der Waals surface area contributed by atoms with Gasteiger partial charge in [-0.3, -0.25) is 14.6 Å². The number of amides is 3. The number of hydrogen-bond acceptors (Lipinski definition) is 5. The van der Waals surface area contributed by atoms with Crippen molar-refractivity contribution in [1.29, 1.82) is 0 Å². The Morgan fingerprint density at radius 3 is 2.50 bits per heavy atom. The lowest BCUT2D eigenvalue weighted by atomic mass is 9.94. The van der Waals surface area contributed by atoms with Gasteiger partial charge in [0.2, 0.25) is 0 Å². The van der Waals surface area contributed by atoms with E-state index in [1.165, 1.54) is 4.90 Å². The van der Waals surface area contributed by atoms with Crippen LogP contribution in [-0.2, 0) is 9.53 Å². The molecule has 38 heavy (non-hydrogen) atoms. The van der Waals surface area contributed by atoms with Crippen molar-refractivity contribution >= 4 is 41.1 Å². The van der Waals surface area contributed by atoms with Crippen LogP contribution in [0.4, 0.5) is 4.79 Å². The molecule has 1 fully saturated rings. The van der Waals surface area contributed by atoms with Crippen LogP contribution in [0.1, 0.15) is 40.9 Å². The summed E-state index contributed by atoms with van der Waals surface area (Å²) in [5.74, 6) is -0.524. The van der Waals surface area contributed by atoms with E-state index in [2.05, 4.69) is 10.2 Å². The molecular weight excluding hydrogens is 527 g/mol. The lowest BCUT2D eigenvalue weighted by Gasteiger charge is -2.37. The fourth-order valence-corrected chi connectivity index (χ4v) is 5.21. The van der Waals surface area contributed by atoms with Gasteiger partial charge in [0, 0.05) is 51.0 Å². The van der Waals surface area contributed by atoms with Crippen LogP contribution in [0.3, 0.4) is 0 Å². The molecule has 2 aliphatic rings. The smallest absolute Gasteiger partial charge is 0.338 e. The van der Waals surface area contributed by atoms with Crippen molar-refractivity contribution in [3.63, 3.8) is 0 Å². The number of hydrogen-bond donors (Lipinski definition) is 1. The van der Waals surface area contributed by atoms with E-state index in [9.17, 15) is 14.4 Å². The molecule has 3 amide bonds. The molecule has 0 saturated carbocycles. The molecule has 2 aliphatic heterocycles. The maximum Gasteiger partial charge on any atom is 0.338 e. The molecule has 0 spiro atoms. The summed E-state index contributed by atoms with van der Waals surface area (Å²) in [6.45, 7) is 6.70. The second-order valence-corrected chi connectivity index (χ2v) is 10.2. The topological polar surface area (TPSA) is 82.2 Å². The van der Waals surface area contributed by atoms with E-state index in [4.69, 9.17) is 27.9 Å². The Kier molecular flexibility index (Phi) is 8.97. The summed E-state index contributed by atoms with van der Waals surface area (Å²) >= 11 is 12.8. The third-order valence-electron chi connectivity index (χ3n) is 6.91. The number of halogens is 2. The number of likely N-dealkylation sites (N-methyl/N-ethyl adjacent to an activating group) is 1. The number of rotatable bonds is 6. The van der Waals surface area contributed by atoms with Gasteiger partial charge in [0.25, 0.3) is 5.91 Å². The molecule has 0 aliphatic carbocycles. The van der Waals surface area contributed by atoms with Gasteiger partial charge in [-0.05, 0) is 44.0 Å². The Hall–Kier alpha value is -3.07. The number of esters is 1. The van der Waals surface area contributed by atoms with Gasteiger partial charge in [-0.2, -0.15) is 0 Å². The number of carbonyl (C=O) groups excluding carboxylic acids is 3. The summed E-state index contributed by atoms with van der Waals surface area (Å²) in [5, 5.41) is 3.47. The van der Waals surface area contributed by atoms with Gasteiger partial charge < -0.3 is 15.0 Å². The Morgan fingerprint density at radius 1 is 1.05 bits per heavy atom. The molecule has 2 aromatic carbocycles. The Morgan fingerprint density at radius 2 is 1.79 bits per heavy atom. The maximum absolute atomic E-state index is 13.3. The average Bonchev–Trinajstić information content (AvgIpc) is 3.14. The molecule has 1 atom stereocenters. The zero-order chi connectivity index (χ0) is 27.4. The van der Waals surface area contributed by atoms with Crippen molar-refractivity contribution in [3.05, 3.63) is 80.5 Å². The van der Waals surface area contributed by atoms with E-state index in [0.29, 0.717) is 60.1 Å². The first kappa shape index (κ1) is 28.0. The highest BCUT2D eigenvalue weighted by Crippen LogP contribution is 2.37. The molecule has 1 saturated heterocycles. The minimum atomic E-state index is -0.814. The van der Waals surface area contributed by atoms with E-state index in [1.54, 1.807) is 32.2 Å². The lowest BCUT2D eigenvalue weighted by molar-refractivity contribution is -0.139. The normalized spacial score (nSPS) is 18.8. The van der Waals surface area contributed by atoms with Crippen LogP contribution in [0, 0.1) is 6.92 Å². The van der Waals surface area contributed by atoms with Crippen molar-refractivity contribution in [2.24, 2.45) is 0 Å². The first-order valence-electron chi connectivity index (χ1n) is 12.7. The summed E-state index contributed by atoms with van der Waals surface area (Å²) in [7, 11) is 1.63. The van der Waals surface area contributed by atoms with E-state index in [-0.39, 0.29) is 23.6 Å². The predicted molar refractivity (Wildman–Crippen MR) is 147 cm³/mol. The van der Waals surface area contributed by atoms with Gasteiger partial charge >= 0.3 is 12.0 Å². The van der Waals surface area contributed by atoms with Crippen LogP contribution in [-0.4, -0.2) is 79.0 Å². The van der Waals surface area contributed by atoms with Crippen LogP contribution < -0.4 is 5.32 Å². The summed E-state index contributed by atoms with van der Waals surface area (Å²) in [6, 6.07) is 11.5. The lowest BCUT2D eigenvalue weighted by Crippen LogP contribution is -2.49. The Bertz CT molecular complexity index is 1250. The molecule has 0 aromatic heterocycles. The monoisotopic (exact) mass is 558 g/mol. The zero-order valence-electron chi connectivity index (χ0n) is 21.8. The Balaban J connectivity index is 1.61. The standard InChI is InChI=1S/C28H32Cl2N4O4/c1-4-38-27(36)23-22(32(3)28(37)31-25(23)20-7-5-8-21(29)24(20)30)17-33-13-6-14-34(16-15-33)26(35)19-11-9-18(2)10-12-19/h5,7-12,25H,4,6,13-17H2,1-3H3,(H,31,37)/t25-/m1/s1. The number of nitrogens with one attached hydrogen (secondary N) is 1. The van der Waals surface area contributed by atoms with Crippen LogP contribution in [0.15, 0.2) is 53.7 Å².